The molecule has 0 saturated heterocycles. The maximum Gasteiger partial charge on any atom is 0.258 e. The Morgan fingerprint density at radius 3 is 2.58 bits per heavy atom. The van der Waals surface area contributed by atoms with Gasteiger partial charge in [-0.25, -0.2) is 4.98 Å². The molecule has 1 amide bonds. The Morgan fingerprint density at radius 1 is 1.00 bits per heavy atom. The second kappa shape index (κ2) is 12.0. The molecule has 0 aliphatic rings. The molecule has 4 aromatic rings. The van der Waals surface area contributed by atoms with Crippen molar-refractivity contribution in [1.82, 2.24) is 14.9 Å². The van der Waals surface area contributed by atoms with Gasteiger partial charge in [-0.3, -0.25) is 4.79 Å². The maximum atomic E-state index is 12.6. The minimum atomic E-state index is -0.273. The molecule has 36 heavy (non-hydrogen) atoms. The van der Waals surface area contributed by atoms with E-state index in [1.54, 1.807) is 24.3 Å². The largest absolute Gasteiger partial charge is 0.493 e. The Hall–Kier alpha value is -3.51. The maximum absolute atomic E-state index is 12.6. The van der Waals surface area contributed by atoms with Gasteiger partial charge in [0, 0.05) is 11.6 Å². The lowest BCUT2D eigenvalue weighted by Gasteiger charge is -2.17. The number of hydrogen-bond donors (Lipinski definition) is 1. The summed E-state index contributed by atoms with van der Waals surface area (Å²) >= 11 is 5.90. The van der Waals surface area contributed by atoms with Crippen LogP contribution in [-0.4, -0.2) is 28.7 Å². The molecule has 0 aliphatic heterocycles. The Morgan fingerprint density at radius 2 is 1.78 bits per heavy atom. The molecule has 1 heterocycles. The fourth-order valence-corrected chi connectivity index (χ4v) is 4.25. The number of halogens is 1. The lowest BCUT2D eigenvalue weighted by atomic mass is 10.1. The van der Waals surface area contributed by atoms with Crippen molar-refractivity contribution in [2.75, 3.05) is 13.2 Å². The summed E-state index contributed by atoms with van der Waals surface area (Å²) < 4.78 is 13.8. The molecule has 0 aliphatic carbocycles. The molecule has 188 valence electrons. The monoisotopic (exact) mass is 505 g/mol. The molecule has 0 spiro atoms. The highest BCUT2D eigenvalue weighted by atomic mass is 35.5. The van der Waals surface area contributed by atoms with E-state index in [-0.39, 0.29) is 18.6 Å². The summed E-state index contributed by atoms with van der Waals surface area (Å²) in [6, 6.07) is 20.9. The van der Waals surface area contributed by atoms with Gasteiger partial charge in [-0.05, 0) is 87.2 Å². The van der Waals surface area contributed by atoms with E-state index in [4.69, 9.17) is 26.1 Å². The van der Waals surface area contributed by atoms with Crippen molar-refractivity contribution >= 4 is 28.5 Å². The van der Waals surface area contributed by atoms with Crippen LogP contribution in [-0.2, 0) is 11.3 Å². The first-order valence-electron chi connectivity index (χ1n) is 12.2. The van der Waals surface area contributed by atoms with Crippen molar-refractivity contribution in [1.29, 1.82) is 0 Å². The van der Waals surface area contributed by atoms with Crippen molar-refractivity contribution in [3.63, 3.8) is 0 Å². The van der Waals surface area contributed by atoms with Crippen LogP contribution in [0.4, 0.5) is 0 Å². The van der Waals surface area contributed by atoms with Gasteiger partial charge in [0.1, 0.15) is 17.3 Å². The summed E-state index contributed by atoms with van der Waals surface area (Å²) in [5, 5.41) is 3.64. The zero-order valence-electron chi connectivity index (χ0n) is 21.0. The van der Waals surface area contributed by atoms with Crippen molar-refractivity contribution in [2.45, 2.75) is 46.2 Å². The number of imidazole rings is 1. The quantitative estimate of drug-likeness (QED) is 0.239. The third-order valence-electron chi connectivity index (χ3n) is 6.22. The summed E-state index contributed by atoms with van der Waals surface area (Å²) in [6.45, 7) is 7.49. The van der Waals surface area contributed by atoms with Gasteiger partial charge < -0.3 is 19.4 Å². The van der Waals surface area contributed by atoms with Gasteiger partial charge >= 0.3 is 0 Å². The first kappa shape index (κ1) is 25.6. The minimum absolute atomic E-state index is 0.0814. The Bertz CT molecular complexity index is 1320. The number of ether oxygens (including phenoxy) is 2. The third kappa shape index (κ3) is 6.38. The van der Waals surface area contributed by atoms with Crippen LogP contribution in [0.3, 0.4) is 0 Å². The Kier molecular flexibility index (Phi) is 8.49. The molecule has 3 aromatic carbocycles. The second-order valence-corrected chi connectivity index (χ2v) is 9.33. The van der Waals surface area contributed by atoms with Gasteiger partial charge in [0.15, 0.2) is 6.61 Å². The van der Waals surface area contributed by atoms with Crippen molar-refractivity contribution in [3.8, 4) is 11.5 Å². The zero-order chi connectivity index (χ0) is 25.5. The number of nitrogens with one attached hydrogen (secondary N) is 1. The molecule has 1 unspecified atom stereocenters. The molecule has 0 radical (unpaired) electrons. The van der Waals surface area contributed by atoms with Crippen LogP contribution in [0.2, 0.25) is 5.02 Å². The number of aryl methyl sites for hydroxylation is 2. The summed E-state index contributed by atoms with van der Waals surface area (Å²) in [4.78, 5) is 17.4. The van der Waals surface area contributed by atoms with E-state index in [2.05, 4.69) is 35.9 Å². The van der Waals surface area contributed by atoms with Crippen molar-refractivity contribution < 1.29 is 14.3 Å². The predicted molar refractivity (Wildman–Crippen MR) is 144 cm³/mol. The molecule has 0 fully saturated rings. The van der Waals surface area contributed by atoms with E-state index in [0.717, 1.165) is 42.0 Å². The molecule has 1 aromatic heterocycles. The normalized spacial score (nSPS) is 11.9. The SMILES string of the molecule is Cc1cccc(OCCCCn2c(C(C)NC(=O)COc3ccc(Cl)cc3)nc3ccccc32)c1C. The van der Waals surface area contributed by atoms with Crippen LogP contribution in [0.15, 0.2) is 66.7 Å². The molecule has 0 saturated carbocycles. The second-order valence-electron chi connectivity index (χ2n) is 8.90. The van der Waals surface area contributed by atoms with Crippen LogP contribution >= 0.6 is 11.6 Å². The topological polar surface area (TPSA) is 65.4 Å². The number of para-hydroxylation sites is 2. The summed E-state index contributed by atoms with van der Waals surface area (Å²) in [5.74, 6) is 2.16. The molecular formula is C29H32ClN3O3. The molecule has 4 rings (SSSR count). The van der Waals surface area contributed by atoms with Crippen LogP contribution in [0.5, 0.6) is 11.5 Å². The first-order valence-corrected chi connectivity index (χ1v) is 12.6. The number of unbranched alkanes of at least 4 members (excludes halogenated alkanes) is 1. The van der Waals surface area contributed by atoms with Gasteiger partial charge in [-0.1, -0.05) is 35.9 Å². The predicted octanol–water partition coefficient (Wildman–Crippen LogP) is 6.42. The number of hydrogen-bond acceptors (Lipinski definition) is 4. The number of nitrogens with zero attached hydrogens (tertiary/aromatic N) is 2. The van der Waals surface area contributed by atoms with E-state index in [0.29, 0.717) is 17.4 Å². The van der Waals surface area contributed by atoms with Crippen molar-refractivity contribution in [2.24, 2.45) is 0 Å². The van der Waals surface area contributed by atoms with Gasteiger partial charge in [0.25, 0.3) is 5.91 Å². The molecule has 1 atom stereocenters. The number of amides is 1. The van der Waals surface area contributed by atoms with E-state index in [9.17, 15) is 4.79 Å². The highest BCUT2D eigenvalue weighted by Crippen LogP contribution is 2.23. The standard InChI is InChI=1S/C29H32ClN3O3/c1-20-9-8-12-27(21(20)2)35-18-7-6-17-33-26-11-5-4-10-25(26)32-29(33)22(3)31-28(34)19-36-24-15-13-23(30)14-16-24/h4-5,8-16,22H,6-7,17-19H2,1-3H3,(H,31,34). The molecule has 6 nitrogen and oxygen atoms in total. The number of benzene rings is 3. The Labute approximate surface area is 217 Å². The zero-order valence-corrected chi connectivity index (χ0v) is 21.7. The van der Waals surface area contributed by atoms with E-state index in [1.807, 2.05) is 37.3 Å². The number of carbonyl (C=O) groups excluding carboxylic acids is 1. The summed E-state index contributed by atoms with van der Waals surface area (Å²) in [6.07, 6.45) is 1.84. The third-order valence-corrected chi connectivity index (χ3v) is 6.47. The van der Waals surface area contributed by atoms with E-state index < -0.39 is 0 Å². The number of aromatic nitrogens is 2. The number of rotatable bonds is 11. The Balaban J connectivity index is 1.35. The average Bonchev–Trinajstić information content (AvgIpc) is 3.25. The van der Waals surface area contributed by atoms with Gasteiger partial charge in [0.2, 0.25) is 0 Å². The molecule has 7 heteroatoms. The van der Waals surface area contributed by atoms with Crippen LogP contribution in [0, 0.1) is 13.8 Å². The highest BCUT2D eigenvalue weighted by molar-refractivity contribution is 6.30. The average molecular weight is 506 g/mol. The fourth-order valence-electron chi connectivity index (χ4n) is 4.12. The minimum Gasteiger partial charge on any atom is -0.493 e. The van der Waals surface area contributed by atoms with Crippen LogP contribution in [0.1, 0.15) is 42.8 Å². The molecular weight excluding hydrogens is 474 g/mol. The number of carbonyl (C=O) groups is 1. The fraction of sp³-hybridized carbons (Fsp3) is 0.310. The van der Waals surface area contributed by atoms with Gasteiger partial charge in [-0.2, -0.15) is 0 Å². The lowest BCUT2D eigenvalue weighted by molar-refractivity contribution is -0.123. The molecule has 1 N–H and O–H groups in total. The van der Waals surface area contributed by atoms with E-state index in [1.165, 1.54) is 11.1 Å². The van der Waals surface area contributed by atoms with Gasteiger partial charge in [-0.15, -0.1) is 0 Å². The van der Waals surface area contributed by atoms with E-state index >= 15 is 0 Å². The first-order chi connectivity index (χ1) is 17.4. The highest BCUT2D eigenvalue weighted by Gasteiger charge is 2.18. The number of fused-ring (bicyclic) bond motifs is 1. The lowest BCUT2D eigenvalue weighted by Crippen LogP contribution is -2.32. The van der Waals surface area contributed by atoms with Crippen LogP contribution in [0.25, 0.3) is 11.0 Å². The molecule has 0 bridgehead atoms. The summed E-state index contributed by atoms with van der Waals surface area (Å²) in [7, 11) is 0. The van der Waals surface area contributed by atoms with Crippen molar-refractivity contribution in [3.05, 3.63) is 88.7 Å². The van der Waals surface area contributed by atoms with Gasteiger partial charge in [0.05, 0.1) is 23.7 Å². The smallest absolute Gasteiger partial charge is 0.258 e. The van der Waals surface area contributed by atoms with Crippen LogP contribution < -0.4 is 14.8 Å². The summed E-state index contributed by atoms with van der Waals surface area (Å²) in [5.41, 5.74) is 4.39.